The van der Waals surface area contributed by atoms with E-state index in [0.717, 1.165) is 35.7 Å². The number of halogens is 1. The van der Waals surface area contributed by atoms with Crippen LogP contribution in [0.1, 0.15) is 37.7 Å². The summed E-state index contributed by atoms with van der Waals surface area (Å²) < 4.78 is 13.4. The van der Waals surface area contributed by atoms with Gasteiger partial charge in [-0.25, -0.2) is 4.39 Å². The van der Waals surface area contributed by atoms with Crippen LogP contribution in [0.15, 0.2) is 29.4 Å². The fraction of sp³-hybridized carbons (Fsp3) is 0.500. The quantitative estimate of drug-likeness (QED) is 0.445. The van der Waals surface area contributed by atoms with Gasteiger partial charge in [0.2, 0.25) is 5.91 Å². The lowest BCUT2D eigenvalue weighted by atomic mass is 10.1. The molecule has 3 rings (SSSR count). The molecule has 0 bridgehead atoms. The summed E-state index contributed by atoms with van der Waals surface area (Å²) in [6.07, 6.45) is 7.70. The van der Waals surface area contributed by atoms with Gasteiger partial charge in [-0.3, -0.25) is 9.79 Å². The summed E-state index contributed by atoms with van der Waals surface area (Å²) in [5.41, 5.74) is 1.99. The molecule has 7 heteroatoms. The van der Waals surface area contributed by atoms with Crippen molar-refractivity contribution < 1.29 is 9.18 Å². The lowest BCUT2D eigenvalue weighted by molar-refractivity contribution is -0.121. The maximum atomic E-state index is 13.4. The van der Waals surface area contributed by atoms with Gasteiger partial charge in [-0.1, -0.05) is 12.8 Å². The number of nitrogens with zero attached hydrogens (tertiary/aromatic N) is 1. The molecule has 0 aliphatic heterocycles. The molecule has 6 nitrogen and oxygen atoms in total. The summed E-state index contributed by atoms with van der Waals surface area (Å²) >= 11 is 0. The fourth-order valence-corrected chi connectivity index (χ4v) is 3.56. The summed E-state index contributed by atoms with van der Waals surface area (Å²) in [7, 11) is 1.70. The first-order valence-electron chi connectivity index (χ1n) is 9.65. The normalized spacial score (nSPS) is 15.3. The zero-order chi connectivity index (χ0) is 19.1. The van der Waals surface area contributed by atoms with Gasteiger partial charge in [-0.05, 0) is 43.0 Å². The highest BCUT2D eigenvalue weighted by molar-refractivity contribution is 5.84. The number of guanidine groups is 1. The van der Waals surface area contributed by atoms with E-state index in [4.69, 9.17) is 0 Å². The van der Waals surface area contributed by atoms with Crippen LogP contribution >= 0.6 is 0 Å². The average Bonchev–Trinajstić information content (AvgIpc) is 3.30. The number of fused-ring (bicyclic) bond motifs is 1. The van der Waals surface area contributed by atoms with E-state index in [0.29, 0.717) is 31.5 Å². The second-order valence-electron chi connectivity index (χ2n) is 6.98. The first-order valence-corrected chi connectivity index (χ1v) is 9.65. The summed E-state index contributed by atoms with van der Waals surface area (Å²) in [4.78, 5) is 19.3. The van der Waals surface area contributed by atoms with E-state index in [2.05, 4.69) is 25.9 Å². The van der Waals surface area contributed by atoms with Crippen molar-refractivity contribution in [2.75, 3.05) is 20.1 Å². The van der Waals surface area contributed by atoms with Crippen molar-refractivity contribution in [3.8, 4) is 0 Å². The molecule has 1 amide bonds. The predicted molar refractivity (Wildman–Crippen MR) is 106 cm³/mol. The number of hydrogen-bond acceptors (Lipinski definition) is 2. The van der Waals surface area contributed by atoms with E-state index < -0.39 is 0 Å². The molecule has 0 radical (unpaired) electrons. The van der Waals surface area contributed by atoms with Gasteiger partial charge in [0.25, 0.3) is 0 Å². The topological polar surface area (TPSA) is 81.3 Å². The Balaban J connectivity index is 1.38. The minimum atomic E-state index is -0.232. The zero-order valence-electron chi connectivity index (χ0n) is 15.8. The number of aromatic amines is 1. The highest BCUT2D eigenvalue weighted by Crippen LogP contribution is 2.19. The smallest absolute Gasteiger partial charge is 0.221 e. The number of benzene rings is 1. The van der Waals surface area contributed by atoms with Crippen LogP contribution in [-0.4, -0.2) is 43.0 Å². The van der Waals surface area contributed by atoms with Crippen LogP contribution in [0.4, 0.5) is 4.39 Å². The Bertz CT molecular complexity index is 795. The van der Waals surface area contributed by atoms with Gasteiger partial charge in [0.05, 0.1) is 0 Å². The third-order valence-corrected chi connectivity index (χ3v) is 5.00. The molecule has 0 spiro atoms. The fourth-order valence-electron chi connectivity index (χ4n) is 3.56. The lowest BCUT2D eigenvalue weighted by Gasteiger charge is -2.14. The van der Waals surface area contributed by atoms with Crippen molar-refractivity contribution >= 4 is 22.8 Å². The van der Waals surface area contributed by atoms with Crippen LogP contribution in [0.2, 0.25) is 0 Å². The maximum absolute atomic E-state index is 13.4. The second-order valence-corrected chi connectivity index (χ2v) is 6.98. The molecule has 4 N–H and O–H groups in total. The molecule has 146 valence electrons. The molecular weight excluding hydrogens is 345 g/mol. The number of aliphatic imine (C=N–C) groups is 1. The summed E-state index contributed by atoms with van der Waals surface area (Å²) in [5, 5.41) is 10.4. The van der Waals surface area contributed by atoms with Crippen molar-refractivity contribution in [3.05, 3.63) is 35.8 Å². The molecule has 1 aromatic heterocycles. The Labute approximate surface area is 159 Å². The Kier molecular flexibility index (Phi) is 6.68. The molecule has 0 unspecified atom stereocenters. The third-order valence-electron chi connectivity index (χ3n) is 5.00. The molecule has 1 saturated carbocycles. The minimum absolute atomic E-state index is 0.0886. The Morgan fingerprint density at radius 3 is 2.81 bits per heavy atom. The van der Waals surface area contributed by atoms with E-state index in [1.54, 1.807) is 19.2 Å². The highest BCUT2D eigenvalue weighted by Gasteiger charge is 2.16. The first kappa shape index (κ1) is 19.2. The zero-order valence-corrected chi connectivity index (χ0v) is 15.8. The van der Waals surface area contributed by atoms with Crippen molar-refractivity contribution in [2.24, 2.45) is 4.99 Å². The van der Waals surface area contributed by atoms with Gasteiger partial charge in [0, 0.05) is 49.7 Å². The highest BCUT2D eigenvalue weighted by atomic mass is 19.1. The van der Waals surface area contributed by atoms with Gasteiger partial charge in [0.1, 0.15) is 5.82 Å². The van der Waals surface area contributed by atoms with Gasteiger partial charge in [0.15, 0.2) is 5.96 Å². The molecule has 1 aliphatic rings. The molecule has 27 heavy (non-hydrogen) atoms. The maximum Gasteiger partial charge on any atom is 0.221 e. The van der Waals surface area contributed by atoms with Crippen molar-refractivity contribution in [1.82, 2.24) is 20.9 Å². The van der Waals surface area contributed by atoms with Crippen LogP contribution in [0.5, 0.6) is 0 Å². The number of H-pyrrole nitrogens is 1. The van der Waals surface area contributed by atoms with E-state index in [-0.39, 0.29) is 11.7 Å². The monoisotopic (exact) mass is 373 g/mol. The number of aromatic nitrogens is 1. The van der Waals surface area contributed by atoms with Crippen LogP contribution in [0.3, 0.4) is 0 Å². The molecule has 1 heterocycles. The van der Waals surface area contributed by atoms with E-state index in [9.17, 15) is 9.18 Å². The minimum Gasteiger partial charge on any atom is -0.361 e. The molecular formula is C20H28FN5O. The van der Waals surface area contributed by atoms with E-state index in [1.807, 2.05) is 6.20 Å². The van der Waals surface area contributed by atoms with Crippen LogP contribution in [-0.2, 0) is 11.2 Å². The van der Waals surface area contributed by atoms with Crippen LogP contribution in [0.25, 0.3) is 10.9 Å². The molecule has 0 atom stereocenters. The van der Waals surface area contributed by atoms with Gasteiger partial charge < -0.3 is 20.9 Å². The third kappa shape index (κ3) is 5.45. The van der Waals surface area contributed by atoms with E-state index >= 15 is 0 Å². The van der Waals surface area contributed by atoms with Gasteiger partial charge in [-0.15, -0.1) is 0 Å². The Hall–Kier alpha value is -2.57. The predicted octanol–water partition coefficient (Wildman–Crippen LogP) is 2.46. The molecule has 1 fully saturated rings. The Morgan fingerprint density at radius 1 is 1.26 bits per heavy atom. The lowest BCUT2D eigenvalue weighted by Crippen LogP contribution is -2.41. The standard InChI is InChI=1S/C20H28FN5O/c1-22-20(24-11-9-19(27)26-16-4-2-3-5-16)23-10-8-14-13-25-18-7-6-15(21)12-17(14)18/h6-7,12-13,16,25H,2-5,8-11H2,1H3,(H,26,27)(H2,22,23,24). The van der Waals surface area contributed by atoms with Gasteiger partial charge in [-0.2, -0.15) is 0 Å². The summed E-state index contributed by atoms with van der Waals surface area (Å²) in [5.74, 6) is 0.519. The first-order chi connectivity index (χ1) is 13.2. The molecule has 0 saturated heterocycles. The molecule has 1 aliphatic carbocycles. The van der Waals surface area contributed by atoms with Crippen molar-refractivity contribution in [2.45, 2.75) is 44.6 Å². The van der Waals surface area contributed by atoms with E-state index in [1.165, 1.54) is 18.9 Å². The van der Waals surface area contributed by atoms with Gasteiger partial charge >= 0.3 is 0 Å². The second kappa shape index (κ2) is 9.39. The number of carbonyl (C=O) groups is 1. The number of nitrogens with one attached hydrogen (secondary N) is 4. The molecule has 1 aromatic carbocycles. The SMILES string of the molecule is CN=C(NCCC(=O)NC1CCCC1)NCCc1c[nH]c2ccc(F)cc12. The summed E-state index contributed by atoms with van der Waals surface area (Å²) in [6.45, 7) is 1.20. The van der Waals surface area contributed by atoms with Crippen molar-refractivity contribution in [3.63, 3.8) is 0 Å². The number of rotatable bonds is 7. The summed E-state index contributed by atoms with van der Waals surface area (Å²) in [6, 6.07) is 5.11. The molecule has 2 aromatic rings. The van der Waals surface area contributed by atoms with Crippen LogP contribution in [0, 0.1) is 5.82 Å². The average molecular weight is 373 g/mol. The number of carbonyl (C=O) groups excluding carboxylic acids is 1. The van der Waals surface area contributed by atoms with Crippen molar-refractivity contribution in [1.29, 1.82) is 0 Å². The largest absolute Gasteiger partial charge is 0.361 e. The number of amides is 1. The Morgan fingerprint density at radius 2 is 2.04 bits per heavy atom. The number of hydrogen-bond donors (Lipinski definition) is 4. The van der Waals surface area contributed by atoms with Crippen LogP contribution < -0.4 is 16.0 Å².